The first-order valence-corrected chi connectivity index (χ1v) is 9.54. The lowest BCUT2D eigenvalue weighted by Gasteiger charge is -2.24. The van der Waals surface area contributed by atoms with Gasteiger partial charge in [0.2, 0.25) is 0 Å². The fourth-order valence-corrected chi connectivity index (χ4v) is 4.86. The van der Waals surface area contributed by atoms with Crippen molar-refractivity contribution in [3.63, 3.8) is 0 Å². The largest absolute Gasteiger partial charge is 0.366 e. The number of halogens is 1. The van der Waals surface area contributed by atoms with Gasteiger partial charge in [-0.1, -0.05) is 32.9 Å². The molecule has 0 unspecified atom stereocenters. The molecule has 0 radical (unpaired) electrons. The highest BCUT2D eigenvalue weighted by Gasteiger charge is 2.20. The van der Waals surface area contributed by atoms with Crippen LogP contribution in [0.3, 0.4) is 0 Å². The van der Waals surface area contributed by atoms with Gasteiger partial charge in [0.05, 0.1) is 15.3 Å². The van der Waals surface area contributed by atoms with E-state index in [-0.39, 0.29) is 16.5 Å². The molecule has 140 valence electrons. The van der Waals surface area contributed by atoms with E-state index in [0.29, 0.717) is 5.00 Å². The summed E-state index contributed by atoms with van der Waals surface area (Å²) in [6, 6.07) is 7.32. The van der Waals surface area contributed by atoms with Gasteiger partial charge in [0.15, 0.2) is 0 Å². The van der Waals surface area contributed by atoms with E-state index in [1.165, 1.54) is 41.5 Å². The van der Waals surface area contributed by atoms with Gasteiger partial charge in [0.1, 0.15) is 10.8 Å². The second-order valence-corrected chi connectivity index (χ2v) is 9.60. The molecular formula is C18H22FN3O2S2. The molecule has 26 heavy (non-hydrogen) atoms. The fraction of sp³-hybridized carbons (Fsp3) is 0.333. The standard InChI is InChI=1S/C18H22FN3O2S2/c1-18(2,3)10-22(4)26-14-9-12(15(20)23)17(25-14)21-16(24)11-7-5-6-8-13(11)19/h5-9H,10H2,1-4H3,(H2,20,23)(H,21,24). The normalized spacial score (nSPS) is 11.6. The molecule has 0 atom stereocenters. The van der Waals surface area contributed by atoms with Gasteiger partial charge in [-0.25, -0.2) is 8.70 Å². The second-order valence-electron chi connectivity index (χ2n) is 7.04. The number of nitrogens with zero attached hydrogens (tertiary/aromatic N) is 1. The van der Waals surface area contributed by atoms with Crippen LogP contribution in [0.15, 0.2) is 34.5 Å². The first-order valence-electron chi connectivity index (χ1n) is 7.95. The van der Waals surface area contributed by atoms with E-state index < -0.39 is 17.6 Å². The summed E-state index contributed by atoms with van der Waals surface area (Å²) in [5.74, 6) is -1.89. The Bertz CT molecular complexity index is 815. The van der Waals surface area contributed by atoms with Crippen molar-refractivity contribution >= 4 is 40.1 Å². The van der Waals surface area contributed by atoms with Crippen LogP contribution in [0.2, 0.25) is 0 Å². The van der Waals surface area contributed by atoms with Crippen LogP contribution in [-0.2, 0) is 0 Å². The van der Waals surface area contributed by atoms with Gasteiger partial charge < -0.3 is 11.1 Å². The number of amides is 2. The van der Waals surface area contributed by atoms with Crippen molar-refractivity contribution in [3.8, 4) is 0 Å². The van der Waals surface area contributed by atoms with Gasteiger partial charge in [0, 0.05) is 6.54 Å². The van der Waals surface area contributed by atoms with E-state index in [0.717, 1.165) is 10.8 Å². The van der Waals surface area contributed by atoms with Crippen LogP contribution in [0.25, 0.3) is 0 Å². The number of carbonyl (C=O) groups is 2. The van der Waals surface area contributed by atoms with Crippen molar-refractivity contribution in [2.75, 3.05) is 18.9 Å². The topological polar surface area (TPSA) is 75.4 Å². The zero-order valence-corrected chi connectivity index (χ0v) is 16.8. The SMILES string of the molecule is CN(CC(C)(C)C)Sc1cc(C(N)=O)c(NC(=O)c2ccccc2F)s1. The third-order valence-electron chi connectivity index (χ3n) is 3.26. The number of nitrogens with two attached hydrogens (primary N) is 1. The number of nitrogens with one attached hydrogen (secondary N) is 1. The molecule has 3 N–H and O–H groups in total. The molecule has 1 heterocycles. The summed E-state index contributed by atoms with van der Waals surface area (Å²) >= 11 is 2.70. The highest BCUT2D eigenvalue weighted by atomic mass is 32.2. The van der Waals surface area contributed by atoms with Crippen molar-refractivity contribution in [2.45, 2.75) is 25.0 Å². The molecule has 0 spiro atoms. The molecule has 1 aromatic carbocycles. The Balaban J connectivity index is 2.20. The molecule has 1 aromatic heterocycles. The van der Waals surface area contributed by atoms with Crippen molar-refractivity contribution < 1.29 is 14.0 Å². The number of hydrogen-bond acceptors (Lipinski definition) is 5. The van der Waals surface area contributed by atoms with Gasteiger partial charge in [-0.05, 0) is 42.6 Å². The maximum atomic E-state index is 13.8. The molecule has 8 heteroatoms. The lowest BCUT2D eigenvalue weighted by Crippen LogP contribution is -2.23. The number of hydrogen-bond donors (Lipinski definition) is 2. The quantitative estimate of drug-likeness (QED) is 0.718. The van der Waals surface area contributed by atoms with Crippen molar-refractivity contribution in [1.82, 2.24) is 4.31 Å². The number of rotatable bonds is 6. The third kappa shape index (κ3) is 5.55. The first kappa shape index (κ1) is 20.4. The first-order chi connectivity index (χ1) is 12.1. The molecule has 2 aromatic rings. The number of anilines is 1. The van der Waals surface area contributed by atoms with Gasteiger partial charge >= 0.3 is 0 Å². The molecular weight excluding hydrogens is 373 g/mol. The third-order valence-corrected chi connectivity index (χ3v) is 5.32. The maximum Gasteiger partial charge on any atom is 0.259 e. The molecule has 0 aliphatic carbocycles. The summed E-state index contributed by atoms with van der Waals surface area (Å²) in [5, 5.41) is 2.91. The lowest BCUT2D eigenvalue weighted by atomic mass is 9.97. The molecule has 0 aliphatic rings. The Morgan fingerprint density at radius 1 is 1.27 bits per heavy atom. The highest BCUT2D eigenvalue weighted by Crippen LogP contribution is 2.37. The molecule has 0 saturated heterocycles. The van der Waals surface area contributed by atoms with Gasteiger partial charge in [0.25, 0.3) is 11.8 Å². The zero-order valence-electron chi connectivity index (χ0n) is 15.1. The molecule has 2 amide bonds. The smallest absolute Gasteiger partial charge is 0.259 e. The molecule has 0 fully saturated rings. The minimum absolute atomic E-state index is 0.0876. The van der Waals surface area contributed by atoms with Crippen LogP contribution in [0.5, 0.6) is 0 Å². The Labute approximate surface area is 160 Å². The minimum atomic E-state index is -0.643. The zero-order chi connectivity index (χ0) is 19.5. The van der Waals surface area contributed by atoms with Crippen molar-refractivity contribution in [2.24, 2.45) is 11.1 Å². The number of carbonyl (C=O) groups excluding carboxylic acids is 2. The molecule has 0 aliphatic heterocycles. The summed E-state index contributed by atoms with van der Waals surface area (Å²) in [6.07, 6.45) is 0. The second kappa shape index (κ2) is 8.20. The van der Waals surface area contributed by atoms with Crippen LogP contribution in [0.1, 0.15) is 41.5 Å². The summed E-state index contributed by atoms with van der Waals surface area (Å²) in [7, 11) is 1.96. The number of benzene rings is 1. The van der Waals surface area contributed by atoms with E-state index in [1.54, 1.807) is 12.1 Å². The van der Waals surface area contributed by atoms with Crippen LogP contribution >= 0.6 is 23.3 Å². The fourth-order valence-electron chi connectivity index (χ4n) is 2.36. The van der Waals surface area contributed by atoms with E-state index in [1.807, 2.05) is 7.05 Å². The Kier molecular flexibility index (Phi) is 6.44. The van der Waals surface area contributed by atoms with E-state index in [2.05, 4.69) is 30.4 Å². The lowest BCUT2D eigenvalue weighted by molar-refractivity contribution is 0.100. The molecule has 5 nitrogen and oxygen atoms in total. The van der Waals surface area contributed by atoms with Crippen LogP contribution in [0, 0.1) is 11.2 Å². The number of thiophene rings is 1. The van der Waals surface area contributed by atoms with Crippen molar-refractivity contribution in [3.05, 3.63) is 47.3 Å². The average molecular weight is 396 g/mol. The minimum Gasteiger partial charge on any atom is -0.366 e. The number of primary amides is 1. The van der Waals surface area contributed by atoms with Gasteiger partial charge in [-0.15, -0.1) is 11.3 Å². The molecule has 0 saturated carbocycles. The highest BCUT2D eigenvalue weighted by molar-refractivity contribution is 7.99. The molecule has 0 bridgehead atoms. The molecule has 2 rings (SSSR count). The summed E-state index contributed by atoms with van der Waals surface area (Å²) in [6.45, 7) is 7.23. The van der Waals surface area contributed by atoms with E-state index in [4.69, 9.17) is 5.73 Å². The Morgan fingerprint density at radius 2 is 1.92 bits per heavy atom. The van der Waals surface area contributed by atoms with Crippen LogP contribution in [0.4, 0.5) is 9.39 Å². The Morgan fingerprint density at radius 3 is 2.50 bits per heavy atom. The monoisotopic (exact) mass is 395 g/mol. The van der Waals surface area contributed by atoms with E-state index >= 15 is 0 Å². The van der Waals surface area contributed by atoms with E-state index in [9.17, 15) is 14.0 Å². The summed E-state index contributed by atoms with van der Waals surface area (Å²) in [5.41, 5.74) is 5.67. The maximum absolute atomic E-state index is 13.8. The van der Waals surface area contributed by atoms with Gasteiger partial charge in [-0.3, -0.25) is 9.59 Å². The van der Waals surface area contributed by atoms with Crippen molar-refractivity contribution in [1.29, 1.82) is 0 Å². The van der Waals surface area contributed by atoms with Gasteiger partial charge in [-0.2, -0.15) is 0 Å². The van der Waals surface area contributed by atoms with Crippen LogP contribution < -0.4 is 11.1 Å². The predicted molar refractivity (Wildman–Crippen MR) is 105 cm³/mol. The Hall–Kier alpha value is -1.90. The predicted octanol–water partition coefficient (Wildman–Crippen LogP) is 4.22. The van der Waals surface area contributed by atoms with Crippen LogP contribution in [-0.4, -0.2) is 29.7 Å². The average Bonchev–Trinajstić information content (AvgIpc) is 2.88. The summed E-state index contributed by atoms with van der Waals surface area (Å²) < 4.78 is 16.6. The summed E-state index contributed by atoms with van der Waals surface area (Å²) in [4.78, 5) is 24.0.